The lowest BCUT2D eigenvalue weighted by Gasteiger charge is -2.22. The molecule has 1 aromatic rings. The van der Waals surface area contributed by atoms with E-state index >= 15 is 0 Å². The summed E-state index contributed by atoms with van der Waals surface area (Å²) in [6, 6.07) is 11.7. The minimum absolute atomic E-state index is 0.179. The summed E-state index contributed by atoms with van der Waals surface area (Å²) in [5.41, 5.74) is 0.930. The van der Waals surface area contributed by atoms with Crippen LogP contribution in [0.5, 0.6) is 0 Å². The molecule has 0 aromatic heterocycles. The molecule has 0 fully saturated rings. The van der Waals surface area contributed by atoms with Crippen LogP contribution in [0.25, 0.3) is 0 Å². The molecule has 1 rings (SSSR count). The molecule has 102 valence electrons. The van der Waals surface area contributed by atoms with Gasteiger partial charge in [-0.1, -0.05) is 32.0 Å². The fourth-order valence-electron chi connectivity index (χ4n) is 1.58. The highest BCUT2D eigenvalue weighted by atomic mass is 16.5. The van der Waals surface area contributed by atoms with Gasteiger partial charge in [-0.3, -0.25) is 4.79 Å². The molecule has 0 radical (unpaired) electrons. The van der Waals surface area contributed by atoms with Gasteiger partial charge in [0.1, 0.15) is 6.54 Å². The van der Waals surface area contributed by atoms with Crippen LogP contribution < -0.4 is 4.90 Å². The third-order valence-electron chi connectivity index (χ3n) is 2.51. The summed E-state index contributed by atoms with van der Waals surface area (Å²) in [6.07, 6.45) is 0.381. The molecule has 4 heteroatoms. The van der Waals surface area contributed by atoms with Crippen LogP contribution in [-0.2, 0) is 9.53 Å². The van der Waals surface area contributed by atoms with Crippen molar-refractivity contribution in [3.05, 3.63) is 30.3 Å². The van der Waals surface area contributed by atoms with Crippen LogP contribution in [0.15, 0.2) is 30.3 Å². The number of nitrogens with zero attached hydrogens (tertiary/aromatic N) is 2. The number of carbonyl (C=O) groups is 1. The standard InChI is InChI=1S/C15H20N2O2/c1-13(2)12-19-15(18)11-17(10-6-9-16)14-7-4-3-5-8-14/h3-5,7-8,13H,6,10-12H2,1-2H3. The predicted molar refractivity (Wildman–Crippen MR) is 74.7 cm³/mol. The van der Waals surface area contributed by atoms with E-state index in [1.165, 1.54) is 0 Å². The molecule has 0 N–H and O–H groups in total. The van der Waals surface area contributed by atoms with E-state index in [1.807, 2.05) is 49.1 Å². The third-order valence-corrected chi connectivity index (χ3v) is 2.51. The Kier molecular flexibility index (Phi) is 6.45. The predicted octanol–water partition coefficient (Wildman–Crippen LogP) is 2.61. The smallest absolute Gasteiger partial charge is 0.325 e. The molecule has 4 nitrogen and oxygen atoms in total. The summed E-state index contributed by atoms with van der Waals surface area (Å²) in [7, 11) is 0. The summed E-state index contributed by atoms with van der Waals surface area (Å²) in [5.74, 6) is 0.0729. The number of hydrogen-bond donors (Lipinski definition) is 0. The van der Waals surface area contributed by atoms with Gasteiger partial charge in [-0.25, -0.2) is 0 Å². The Labute approximate surface area is 114 Å². The van der Waals surface area contributed by atoms with Crippen molar-refractivity contribution in [3.8, 4) is 6.07 Å². The summed E-state index contributed by atoms with van der Waals surface area (Å²) in [6.45, 7) is 5.13. The van der Waals surface area contributed by atoms with Crippen molar-refractivity contribution >= 4 is 11.7 Å². The molecule has 0 aliphatic carbocycles. The normalized spacial score (nSPS) is 10.0. The van der Waals surface area contributed by atoms with Gasteiger partial charge in [0.05, 0.1) is 19.1 Å². The number of carbonyl (C=O) groups excluding carboxylic acids is 1. The van der Waals surface area contributed by atoms with Crippen molar-refractivity contribution in [2.45, 2.75) is 20.3 Å². The molecule has 1 aromatic carbocycles. The van der Waals surface area contributed by atoms with Crippen LogP contribution in [0.4, 0.5) is 5.69 Å². The minimum atomic E-state index is -0.254. The molecule has 0 spiro atoms. The lowest BCUT2D eigenvalue weighted by atomic mass is 10.2. The number of ether oxygens (including phenoxy) is 1. The molecule has 0 heterocycles. The van der Waals surface area contributed by atoms with Crippen LogP contribution in [0.1, 0.15) is 20.3 Å². The molecular formula is C15H20N2O2. The zero-order valence-corrected chi connectivity index (χ0v) is 11.5. The molecule has 0 unspecified atom stereocenters. The Hall–Kier alpha value is -2.02. The zero-order valence-electron chi connectivity index (χ0n) is 11.5. The average molecular weight is 260 g/mol. The first-order chi connectivity index (χ1) is 9.13. The van der Waals surface area contributed by atoms with E-state index in [0.29, 0.717) is 25.5 Å². The van der Waals surface area contributed by atoms with Gasteiger partial charge < -0.3 is 9.64 Å². The molecule has 0 saturated carbocycles. The van der Waals surface area contributed by atoms with Crippen LogP contribution in [0, 0.1) is 17.2 Å². The lowest BCUT2D eigenvalue weighted by molar-refractivity contribution is -0.143. The van der Waals surface area contributed by atoms with Gasteiger partial charge in [-0.05, 0) is 18.1 Å². The van der Waals surface area contributed by atoms with Crippen LogP contribution in [-0.4, -0.2) is 25.7 Å². The average Bonchev–Trinajstić information content (AvgIpc) is 2.42. The van der Waals surface area contributed by atoms with Crippen LogP contribution >= 0.6 is 0 Å². The first-order valence-electron chi connectivity index (χ1n) is 6.46. The first kappa shape index (κ1) is 15.0. The Morgan fingerprint density at radius 3 is 2.63 bits per heavy atom. The van der Waals surface area contributed by atoms with Crippen LogP contribution in [0.3, 0.4) is 0 Å². The molecule has 19 heavy (non-hydrogen) atoms. The minimum Gasteiger partial charge on any atom is -0.464 e. The maximum absolute atomic E-state index is 11.7. The number of rotatable bonds is 7. The highest BCUT2D eigenvalue weighted by Crippen LogP contribution is 2.13. The maximum Gasteiger partial charge on any atom is 0.325 e. The van der Waals surface area contributed by atoms with Gasteiger partial charge in [0, 0.05) is 12.2 Å². The molecule has 0 amide bonds. The molecule has 0 saturated heterocycles. The van der Waals surface area contributed by atoms with E-state index in [0.717, 1.165) is 5.69 Å². The number of para-hydroxylation sites is 1. The van der Waals surface area contributed by atoms with Gasteiger partial charge in [-0.2, -0.15) is 5.26 Å². The van der Waals surface area contributed by atoms with E-state index < -0.39 is 0 Å². The van der Waals surface area contributed by atoms with Gasteiger partial charge >= 0.3 is 5.97 Å². The maximum atomic E-state index is 11.7. The summed E-state index contributed by atoms with van der Waals surface area (Å²) >= 11 is 0. The highest BCUT2D eigenvalue weighted by molar-refractivity contribution is 5.75. The Balaban J connectivity index is 2.60. The van der Waals surface area contributed by atoms with Gasteiger partial charge in [-0.15, -0.1) is 0 Å². The number of esters is 1. The SMILES string of the molecule is CC(C)COC(=O)CN(CCC#N)c1ccccc1. The fourth-order valence-corrected chi connectivity index (χ4v) is 1.58. The van der Waals surface area contributed by atoms with E-state index in [-0.39, 0.29) is 12.5 Å². The van der Waals surface area contributed by atoms with Crippen molar-refractivity contribution in [2.24, 2.45) is 5.92 Å². The quantitative estimate of drug-likeness (QED) is 0.707. The largest absolute Gasteiger partial charge is 0.464 e. The number of hydrogen-bond acceptors (Lipinski definition) is 4. The van der Waals surface area contributed by atoms with Crippen molar-refractivity contribution in [3.63, 3.8) is 0 Å². The summed E-state index contributed by atoms with van der Waals surface area (Å²) < 4.78 is 5.17. The number of anilines is 1. The van der Waals surface area contributed by atoms with Crippen LogP contribution in [0.2, 0.25) is 0 Å². The van der Waals surface area contributed by atoms with Gasteiger partial charge in [0.2, 0.25) is 0 Å². The number of benzene rings is 1. The summed E-state index contributed by atoms with van der Waals surface area (Å²) in [5, 5.41) is 8.68. The van der Waals surface area contributed by atoms with Crippen molar-refractivity contribution in [1.29, 1.82) is 5.26 Å². The molecule has 0 bridgehead atoms. The number of nitriles is 1. The molecule has 0 atom stereocenters. The zero-order chi connectivity index (χ0) is 14.1. The Morgan fingerprint density at radius 1 is 1.37 bits per heavy atom. The molecule has 0 aliphatic rings. The topological polar surface area (TPSA) is 53.3 Å². The monoisotopic (exact) mass is 260 g/mol. The molecular weight excluding hydrogens is 240 g/mol. The van der Waals surface area contributed by atoms with Gasteiger partial charge in [0.25, 0.3) is 0 Å². The second kappa shape index (κ2) is 8.15. The second-order valence-electron chi connectivity index (χ2n) is 4.74. The van der Waals surface area contributed by atoms with E-state index in [2.05, 4.69) is 6.07 Å². The Morgan fingerprint density at radius 2 is 2.05 bits per heavy atom. The molecule has 0 aliphatic heterocycles. The lowest BCUT2D eigenvalue weighted by Crippen LogP contribution is -2.32. The van der Waals surface area contributed by atoms with Gasteiger partial charge in [0.15, 0.2) is 0 Å². The first-order valence-corrected chi connectivity index (χ1v) is 6.46. The Bertz CT molecular complexity index is 424. The van der Waals surface area contributed by atoms with E-state index in [4.69, 9.17) is 10.00 Å². The highest BCUT2D eigenvalue weighted by Gasteiger charge is 2.12. The van der Waals surface area contributed by atoms with E-state index in [1.54, 1.807) is 0 Å². The summed E-state index contributed by atoms with van der Waals surface area (Å²) in [4.78, 5) is 13.6. The second-order valence-corrected chi connectivity index (χ2v) is 4.74. The van der Waals surface area contributed by atoms with Crippen molar-refractivity contribution in [2.75, 3.05) is 24.6 Å². The van der Waals surface area contributed by atoms with Crippen molar-refractivity contribution < 1.29 is 9.53 Å². The third kappa shape index (κ3) is 5.91. The van der Waals surface area contributed by atoms with Crippen molar-refractivity contribution in [1.82, 2.24) is 0 Å². The van der Waals surface area contributed by atoms with E-state index in [9.17, 15) is 4.79 Å². The fraction of sp³-hybridized carbons (Fsp3) is 0.467.